The Bertz CT molecular complexity index is 393. The van der Waals surface area contributed by atoms with Crippen LogP contribution in [-0.2, 0) is 16.0 Å². The molecule has 1 heterocycles. The van der Waals surface area contributed by atoms with E-state index in [0.29, 0.717) is 18.9 Å². The van der Waals surface area contributed by atoms with Crippen molar-refractivity contribution in [3.8, 4) is 0 Å². The number of hydrogen-bond acceptors (Lipinski definition) is 6. The predicted molar refractivity (Wildman–Crippen MR) is 60.4 cm³/mol. The number of nitrogens with zero attached hydrogens (tertiary/aromatic N) is 3. The summed E-state index contributed by atoms with van der Waals surface area (Å²) in [5, 5.41) is 25.7. The van der Waals surface area contributed by atoms with E-state index < -0.39 is 12.1 Å². The molecule has 1 rings (SSSR count). The summed E-state index contributed by atoms with van der Waals surface area (Å²) in [6.45, 7) is 2.70. The third-order valence-corrected chi connectivity index (χ3v) is 2.31. The highest BCUT2D eigenvalue weighted by Crippen LogP contribution is 2.04. The Kier molecular flexibility index (Phi) is 5.69. The number of aromatic nitrogens is 3. The van der Waals surface area contributed by atoms with E-state index in [1.807, 2.05) is 0 Å². The van der Waals surface area contributed by atoms with Crippen LogP contribution in [0.2, 0.25) is 0 Å². The van der Waals surface area contributed by atoms with Gasteiger partial charge in [-0.3, -0.25) is 0 Å². The zero-order chi connectivity index (χ0) is 13.5. The van der Waals surface area contributed by atoms with Gasteiger partial charge in [-0.15, -0.1) is 5.10 Å². The number of carboxylic acids is 1. The highest BCUT2D eigenvalue weighted by Gasteiger charge is 2.16. The largest absolute Gasteiger partial charge is 0.476 e. The molecular formula is C10H17N3O5. The molecule has 1 aromatic heterocycles. The molecule has 0 aliphatic rings. The van der Waals surface area contributed by atoms with Gasteiger partial charge in [0.05, 0.1) is 38.2 Å². The number of aromatic carboxylic acids is 1. The maximum absolute atomic E-state index is 10.7. The molecule has 1 unspecified atom stereocenters. The van der Waals surface area contributed by atoms with E-state index in [1.165, 1.54) is 4.68 Å². The summed E-state index contributed by atoms with van der Waals surface area (Å²) in [7, 11) is 1.56. The van der Waals surface area contributed by atoms with Crippen molar-refractivity contribution in [3.05, 3.63) is 11.4 Å². The first kappa shape index (κ1) is 14.6. The lowest BCUT2D eigenvalue weighted by atomic mass is 10.3. The van der Waals surface area contributed by atoms with Gasteiger partial charge in [-0.25, -0.2) is 9.48 Å². The van der Waals surface area contributed by atoms with Crippen molar-refractivity contribution in [2.24, 2.45) is 0 Å². The second-order valence-electron chi connectivity index (χ2n) is 3.73. The second-order valence-corrected chi connectivity index (χ2v) is 3.73. The van der Waals surface area contributed by atoms with E-state index in [1.54, 1.807) is 14.0 Å². The third kappa shape index (κ3) is 4.06. The van der Waals surface area contributed by atoms with E-state index >= 15 is 0 Å². The quantitative estimate of drug-likeness (QED) is 0.595. The van der Waals surface area contributed by atoms with Gasteiger partial charge in [0.25, 0.3) is 0 Å². The Balaban J connectivity index is 2.44. The van der Waals surface area contributed by atoms with E-state index in [0.717, 1.165) is 0 Å². The highest BCUT2D eigenvalue weighted by molar-refractivity contribution is 5.86. The molecule has 0 fully saturated rings. The maximum Gasteiger partial charge on any atom is 0.358 e. The normalized spacial score (nSPS) is 12.6. The lowest BCUT2D eigenvalue weighted by Gasteiger charge is -2.11. The van der Waals surface area contributed by atoms with Crippen LogP contribution < -0.4 is 0 Å². The summed E-state index contributed by atoms with van der Waals surface area (Å²) < 4.78 is 11.3. The summed E-state index contributed by atoms with van der Waals surface area (Å²) in [6.07, 6.45) is -0.774. The van der Waals surface area contributed by atoms with Crippen LogP contribution in [0.5, 0.6) is 0 Å². The Hall–Kier alpha value is -1.51. The molecule has 0 radical (unpaired) electrons. The van der Waals surface area contributed by atoms with Gasteiger partial charge >= 0.3 is 5.97 Å². The van der Waals surface area contributed by atoms with Crippen LogP contribution in [0.1, 0.15) is 16.2 Å². The Morgan fingerprint density at radius 2 is 2.22 bits per heavy atom. The van der Waals surface area contributed by atoms with E-state index in [9.17, 15) is 9.90 Å². The fraction of sp³-hybridized carbons (Fsp3) is 0.700. The van der Waals surface area contributed by atoms with Gasteiger partial charge in [-0.1, -0.05) is 5.21 Å². The van der Waals surface area contributed by atoms with Crippen molar-refractivity contribution in [3.63, 3.8) is 0 Å². The summed E-state index contributed by atoms with van der Waals surface area (Å²) in [6, 6.07) is 0. The van der Waals surface area contributed by atoms with Crippen LogP contribution in [-0.4, -0.2) is 64.2 Å². The minimum Gasteiger partial charge on any atom is -0.476 e. The smallest absolute Gasteiger partial charge is 0.358 e. The fourth-order valence-corrected chi connectivity index (χ4v) is 1.35. The minimum atomic E-state index is -1.13. The summed E-state index contributed by atoms with van der Waals surface area (Å²) in [5.74, 6) is -1.13. The van der Waals surface area contributed by atoms with E-state index in [4.69, 9.17) is 14.6 Å². The third-order valence-electron chi connectivity index (χ3n) is 2.31. The van der Waals surface area contributed by atoms with E-state index in [2.05, 4.69) is 10.3 Å². The standard InChI is InChI=1S/C10H17N3O5/c1-7-9(10(15)16)11-12-13(7)5-8(14)6-18-4-3-17-2/h8,14H,3-6H2,1-2H3,(H,15,16). The summed E-state index contributed by atoms with van der Waals surface area (Å²) in [5.41, 5.74) is 0.293. The molecule has 0 saturated carbocycles. The van der Waals surface area contributed by atoms with Gasteiger partial charge in [0.2, 0.25) is 0 Å². The number of aliphatic hydroxyl groups is 1. The van der Waals surface area contributed by atoms with Crippen molar-refractivity contribution in [1.82, 2.24) is 15.0 Å². The van der Waals surface area contributed by atoms with Gasteiger partial charge in [-0.05, 0) is 6.92 Å². The molecule has 0 saturated heterocycles. The van der Waals surface area contributed by atoms with Crippen LogP contribution in [0, 0.1) is 6.92 Å². The molecule has 0 aliphatic heterocycles. The lowest BCUT2D eigenvalue weighted by Crippen LogP contribution is -2.24. The average molecular weight is 259 g/mol. The van der Waals surface area contributed by atoms with Crippen molar-refractivity contribution in [2.45, 2.75) is 19.6 Å². The molecule has 0 amide bonds. The molecule has 8 nitrogen and oxygen atoms in total. The van der Waals surface area contributed by atoms with Gasteiger partial charge in [-0.2, -0.15) is 0 Å². The zero-order valence-electron chi connectivity index (χ0n) is 10.4. The lowest BCUT2D eigenvalue weighted by molar-refractivity contribution is 0.00556. The molecule has 18 heavy (non-hydrogen) atoms. The minimum absolute atomic E-state index is 0.109. The van der Waals surface area contributed by atoms with Crippen LogP contribution >= 0.6 is 0 Å². The molecule has 8 heteroatoms. The number of ether oxygens (including phenoxy) is 2. The Labute approximate surface area is 104 Å². The number of aliphatic hydroxyl groups excluding tert-OH is 1. The van der Waals surface area contributed by atoms with Gasteiger partial charge in [0.15, 0.2) is 5.69 Å². The first-order valence-electron chi connectivity index (χ1n) is 5.44. The average Bonchev–Trinajstić information content (AvgIpc) is 2.67. The van der Waals surface area contributed by atoms with Gasteiger partial charge in [0.1, 0.15) is 0 Å². The molecule has 102 valence electrons. The first-order chi connectivity index (χ1) is 8.56. The van der Waals surface area contributed by atoms with Crippen molar-refractivity contribution < 1.29 is 24.5 Å². The number of rotatable bonds is 8. The Morgan fingerprint density at radius 3 is 2.78 bits per heavy atom. The zero-order valence-corrected chi connectivity index (χ0v) is 10.4. The fourth-order valence-electron chi connectivity index (χ4n) is 1.35. The molecule has 0 spiro atoms. The van der Waals surface area contributed by atoms with Crippen LogP contribution in [0.25, 0.3) is 0 Å². The molecule has 2 N–H and O–H groups in total. The van der Waals surface area contributed by atoms with E-state index in [-0.39, 0.29) is 18.8 Å². The Morgan fingerprint density at radius 1 is 1.50 bits per heavy atom. The van der Waals surface area contributed by atoms with Crippen LogP contribution in [0.15, 0.2) is 0 Å². The topological polar surface area (TPSA) is 107 Å². The van der Waals surface area contributed by atoms with Crippen LogP contribution in [0.4, 0.5) is 0 Å². The SMILES string of the molecule is COCCOCC(O)Cn1nnc(C(=O)O)c1C. The van der Waals surface area contributed by atoms with Gasteiger partial charge < -0.3 is 19.7 Å². The summed E-state index contributed by atoms with van der Waals surface area (Å²) >= 11 is 0. The predicted octanol–water partition coefficient (Wildman–Crippen LogP) is -0.691. The molecule has 0 bridgehead atoms. The molecule has 0 aliphatic carbocycles. The number of hydrogen-bond donors (Lipinski definition) is 2. The van der Waals surface area contributed by atoms with Crippen molar-refractivity contribution >= 4 is 5.97 Å². The van der Waals surface area contributed by atoms with Gasteiger partial charge in [0, 0.05) is 7.11 Å². The van der Waals surface area contributed by atoms with Crippen molar-refractivity contribution in [1.29, 1.82) is 0 Å². The van der Waals surface area contributed by atoms with Crippen LogP contribution in [0.3, 0.4) is 0 Å². The highest BCUT2D eigenvalue weighted by atomic mass is 16.5. The molecule has 1 aromatic rings. The maximum atomic E-state index is 10.7. The summed E-state index contributed by atoms with van der Waals surface area (Å²) in [4.78, 5) is 10.7. The first-order valence-corrected chi connectivity index (χ1v) is 5.44. The number of carbonyl (C=O) groups is 1. The molecule has 0 aromatic carbocycles. The van der Waals surface area contributed by atoms with Crippen molar-refractivity contribution in [2.75, 3.05) is 26.9 Å². The number of methoxy groups -OCH3 is 1. The molecular weight excluding hydrogens is 242 g/mol. The molecule has 1 atom stereocenters. The number of carboxylic acid groups (broad SMARTS) is 1. The second kappa shape index (κ2) is 7.04. The monoisotopic (exact) mass is 259 g/mol.